The Labute approximate surface area is 65.3 Å². The molecule has 0 spiro atoms. The lowest BCUT2D eigenvalue weighted by molar-refractivity contribution is -0.147. The van der Waals surface area contributed by atoms with Crippen molar-refractivity contribution in [1.29, 1.82) is 0 Å². The minimum atomic E-state index is -0.381. The highest BCUT2D eigenvalue weighted by Gasteiger charge is 2.23. The summed E-state index contributed by atoms with van der Waals surface area (Å²) in [6.45, 7) is 1.95. The van der Waals surface area contributed by atoms with E-state index >= 15 is 0 Å². The maximum atomic E-state index is 5.59. The molecule has 0 aromatic rings. The van der Waals surface area contributed by atoms with Gasteiger partial charge in [0.25, 0.3) is 0 Å². The van der Waals surface area contributed by atoms with Gasteiger partial charge in [-0.15, -0.1) is 0 Å². The first-order valence-corrected chi connectivity index (χ1v) is 4.40. The number of rotatable bonds is 4. The molecular formula is C6H17NO2Si. The third kappa shape index (κ3) is 3.31. The summed E-state index contributed by atoms with van der Waals surface area (Å²) >= 11 is 0. The number of methoxy groups -OCH3 is 2. The van der Waals surface area contributed by atoms with Gasteiger partial charge >= 0.3 is 0 Å². The van der Waals surface area contributed by atoms with Crippen LogP contribution in [-0.2, 0) is 9.47 Å². The van der Waals surface area contributed by atoms with Crippen molar-refractivity contribution < 1.29 is 9.47 Å². The van der Waals surface area contributed by atoms with E-state index in [1.807, 2.05) is 6.92 Å². The Hall–Kier alpha value is 0.0969. The van der Waals surface area contributed by atoms with Gasteiger partial charge < -0.3 is 15.2 Å². The van der Waals surface area contributed by atoms with E-state index in [9.17, 15) is 0 Å². The van der Waals surface area contributed by atoms with Gasteiger partial charge in [-0.1, -0.05) is 0 Å². The largest absolute Gasteiger partial charge is 0.358 e. The van der Waals surface area contributed by atoms with Crippen molar-refractivity contribution in [3.05, 3.63) is 0 Å². The predicted octanol–water partition coefficient (Wildman–Crippen LogP) is -0.964. The summed E-state index contributed by atoms with van der Waals surface area (Å²) in [5.74, 6) is 0. The molecule has 0 saturated carbocycles. The predicted molar refractivity (Wildman–Crippen MR) is 45.0 cm³/mol. The molecule has 0 aliphatic rings. The fraction of sp³-hybridized carbons (Fsp3) is 1.00. The molecule has 0 radical (unpaired) electrons. The lowest BCUT2D eigenvalue weighted by atomic mass is 10.2. The van der Waals surface area contributed by atoms with E-state index in [-0.39, 0.29) is 11.5 Å². The smallest absolute Gasteiger partial charge is 0.142 e. The zero-order valence-corrected chi connectivity index (χ0v) is 9.18. The Morgan fingerprint density at radius 1 is 1.50 bits per heavy atom. The molecule has 0 rings (SSSR count). The van der Waals surface area contributed by atoms with Crippen molar-refractivity contribution in [3.63, 3.8) is 0 Å². The van der Waals surface area contributed by atoms with Crippen LogP contribution in [0.4, 0.5) is 0 Å². The molecule has 10 heavy (non-hydrogen) atoms. The van der Waals surface area contributed by atoms with Crippen LogP contribution in [0.3, 0.4) is 0 Å². The van der Waals surface area contributed by atoms with Crippen molar-refractivity contribution in [2.45, 2.75) is 24.8 Å². The van der Waals surface area contributed by atoms with Crippen molar-refractivity contribution >= 4 is 10.2 Å². The number of ether oxygens (including phenoxy) is 2. The standard InChI is InChI=1S/C6H17NO2Si/c1-5(7)4-6(10,8-2)9-3/h5H,4,7H2,1-3,10H3. The van der Waals surface area contributed by atoms with Crippen LogP contribution in [0, 0.1) is 0 Å². The highest BCUT2D eigenvalue weighted by Crippen LogP contribution is 2.12. The molecule has 2 N–H and O–H groups in total. The summed E-state index contributed by atoms with van der Waals surface area (Å²) in [5.41, 5.74) is 5.21. The zero-order chi connectivity index (χ0) is 8.20. The van der Waals surface area contributed by atoms with Crippen LogP contribution in [0.15, 0.2) is 0 Å². The van der Waals surface area contributed by atoms with Gasteiger partial charge in [0, 0.05) is 26.7 Å². The van der Waals surface area contributed by atoms with Gasteiger partial charge in [-0.2, -0.15) is 0 Å². The van der Waals surface area contributed by atoms with Crippen LogP contribution in [0.25, 0.3) is 0 Å². The van der Waals surface area contributed by atoms with Gasteiger partial charge in [-0.25, -0.2) is 0 Å². The summed E-state index contributed by atoms with van der Waals surface area (Å²) in [5, 5.41) is 0. The van der Waals surface area contributed by atoms with E-state index in [2.05, 4.69) is 0 Å². The summed E-state index contributed by atoms with van der Waals surface area (Å²) in [6, 6.07) is 0.136. The van der Waals surface area contributed by atoms with Crippen LogP contribution in [0.5, 0.6) is 0 Å². The molecule has 0 heterocycles. The molecule has 62 valence electrons. The van der Waals surface area contributed by atoms with Crippen LogP contribution in [0.1, 0.15) is 13.3 Å². The molecule has 1 atom stereocenters. The van der Waals surface area contributed by atoms with Crippen molar-refractivity contribution in [2.75, 3.05) is 14.2 Å². The normalized spacial score (nSPS) is 15.6. The van der Waals surface area contributed by atoms with Gasteiger partial charge in [0.05, 0.1) is 10.2 Å². The molecule has 0 aliphatic heterocycles. The zero-order valence-electron chi connectivity index (χ0n) is 7.18. The van der Waals surface area contributed by atoms with Crippen LogP contribution < -0.4 is 5.73 Å². The maximum absolute atomic E-state index is 5.59. The minimum Gasteiger partial charge on any atom is -0.358 e. The third-order valence-corrected chi connectivity index (χ3v) is 2.78. The van der Waals surface area contributed by atoms with Gasteiger partial charge in [0.1, 0.15) is 5.41 Å². The first-order valence-electron chi connectivity index (χ1n) is 3.40. The molecule has 1 unspecified atom stereocenters. The lowest BCUT2D eigenvalue weighted by Crippen LogP contribution is -2.39. The molecule has 0 amide bonds. The average Bonchev–Trinajstić information content (AvgIpc) is 1.87. The maximum Gasteiger partial charge on any atom is 0.142 e. The highest BCUT2D eigenvalue weighted by atomic mass is 28.1. The molecule has 4 heteroatoms. The SMILES string of the molecule is COC([SiH3])(CC(C)N)OC. The average molecular weight is 163 g/mol. The summed E-state index contributed by atoms with van der Waals surface area (Å²) in [7, 11) is 4.15. The monoisotopic (exact) mass is 163 g/mol. The Kier molecular flexibility index (Phi) is 4.11. The molecular weight excluding hydrogens is 146 g/mol. The summed E-state index contributed by atoms with van der Waals surface area (Å²) in [4.78, 5) is 0. The van der Waals surface area contributed by atoms with Gasteiger partial charge in [0.2, 0.25) is 0 Å². The third-order valence-electron chi connectivity index (χ3n) is 1.56. The molecule has 0 saturated heterocycles. The van der Waals surface area contributed by atoms with Gasteiger partial charge in [-0.3, -0.25) is 0 Å². The van der Waals surface area contributed by atoms with Crippen LogP contribution in [-0.4, -0.2) is 35.9 Å². The fourth-order valence-corrected chi connectivity index (χ4v) is 1.48. The topological polar surface area (TPSA) is 44.5 Å². The van der Waals surface area contributed by atoms with E-state index < -0.39 is 0 Å². The molecule has 0 aromatic carbocycles. The Balaban J connectivity index is 3.80. The van der Waals surface area contributed by atoms with Gasteiger partial charge in [0.15, 0.2) is 0 Å². The first-order chi connectivity index (χ1) is 4.54. The quantitative estimate of drug-likeness (QED) is 0.429. The number of nitrogens with two attached hydrogens (primary N) is 1. The summed E-state index contributed by atoms with van der Waals surface area (Å²) < 4.78 is 10.3. The van der Waals surface area contributed by atoms with Gasteiger partial charge in [-0.05, 0) is 6.92 Å². The molecule has 0 bridgehead atoms. The highest BCUT2D eigenvalue weighted by molar-refractivity contribution is 6.13. The first kappa shape index (κ1) is 10.1. The number of hydrogen-bond donors (Lipinski definition) is 1. The Morgan fingerprint density at radius 3 is 2.00 bits per heavy atom. The van der Waals surface area contributed by atoms with Crippen molar-refractivity contribution in [3.8, 4) is 0 Å². The molecule has 0 aromatic heterocycles. The number of hydrogen-bond acceptors (Lipinski definition) is 3. The van der Waals surface area contributed by atoms with E-state index in [4.69, 9.17) is 15.2 Å². The Bertz CT molecular complexity index is 93.7. The molecule has 3 nitrogen and oxygen atoms in total. The second-order valence-corrected chi connectivity index (χ2v) is 4.25. The second-order valence-electron chi connectivity index (χ2n) is 2.72. The van der Waals surface area contributed by atoms with E-state index in [1.165, 1.54) is 0 Å². The lowest BCUT2D eigenvalue weighted by Gasteiger charge is -2.28. The van der Waals surface area contributed by atoms with E-state index in [0.29, 0.717) is 0 Å². The second kappa shape index (κ2) is 4.08. The van der Waals surface area contributed by atoms with Crippen LogP contribution in [0.2, 0.25) is 0 Å². The molecule has 0 aliphatic carbocycles. The molecule has 0 fully saturated rings. The van der Waals surface area contributed by atoms with Crippen molar-refractivity contribution in [2.24, 2.45) is 5.73 Å². The van der Waals surface area contributed by atoms with Crippen molar-refractivity contribution in [1.82, 2.24) is 0 Å². The summed E-state index contributed by atoms with van der Waals surface area (Å²) in [6.07, 6.45) is 0.770. The van der Waals surface area contributed by atoms with E-state index in [0.717, 1.165) is 16.7 Å². The Morgan fingerprint density at radius 2 is 1.90 bits per heavy atom. The fourth-order valence-electron chi connectivity index (χ4n) is 0.835. The minimum absolute atomic E-state index is 0.136. The van der Waals surface area contributed by atoms with Crippen LogP contribution >= 0.6 is 0 Å². The van der Waals surface area contributed by atoms with E-state index in [1.54, 1.807) is 14.2 Å².